The molecule has 11 heavy (non-hydrogen) atoms. The Morgan fingerprint density at radius 2 is 1.91 bits per heavy atom. The smallest absolute Gasteiger partial charge is 0.0537 e. The third kappa shape index (κ3) is 6.32. The van der Waals surface area contributed by atoms with Crippen LogP contribution in [0.1, 0.15) is 33.1 Å². The number of methoxy groups -OCH3 is 1. The first-order chi connectivity index (χ1) is 5.18. The molecule has 0 aliphatic carbocycles. The molecule has 0 aromatic heterocycles. The highest BCUT2D eigenvalue weighted by Gasteiger charge is 2.06. The maximum atomic E-state index is 9.15. The normalized spacial score (nSPS) is 16.4. The summed E-state index contributed by atoms with van der Waals surface area (Å²) < 4.78 is 4.92. The van der Waals surface area contributed by atoms with Crippen molar-refractivity contribution in [2.45, 2.75) is 39.2 Å². The van der Waals surface area contributed by atoms with Gasteiger partial charge in [0.15, 0.2) is 0 Å². The van der Waals surface area contributed by atoms with Crippen LogP contribution in [0, 0.1) is 5.92 Å². The predicted octanol–water partition coefficient (Wildman–Crippen LogP) is 1.82. The van der Waals surface area contributed by atoms with Crippen molar-refractivity contribution in [3.8, 4) is 0 Å². The Labute approximate surface area is 69.6 Å². The molecule has 0 rings (SSSR count). The SMILES string of the molecule is COCCCCC(C)C(C)O. The van der Waals surface area contributed by atoms with Crippen molar-refractivity contribution in [2.24, 2.45) is 5.92 Å². The van der Waals surface area contributed by atoms with E-state index < -0.39 is 0 Å². The summed E-state index contributed by atoms with van der Waals surface area (Å²) in [4.78, 5) is 0. The second-order valence-electron chi connectivity index (χ2n) is 3.21. The highest BCUT2D eigenvalue weighted by atomic mass is 16.5. The van der Waals surface area contributed by atoms with Crippen molar-refractivity contribution in [1.29, 1.82) is 0 Å². The molecule has 0 spiro atoms. The Morgan fingerprint density at radius 1 is 1.27 bits per heavy atom. The van der Waals surface area contributed by atoms with Crippen molar-refractivity contribution in [3.63, 3.8) is 0 Å². The molecule has 0 aromatic rings. The van der Waals surface area contributed by atoms with Gasteiger partial charge in [-0.15, -0.1) is 0 Å². The summed E-state index contributed by atoms with van der Waals surface area (Å²) in [6.45, 7) is 4.77. The van der Waals surface area contributed by atoms with Crippen molar-refractivity contribution >= 4 is 0 Å². The number of hydrogen-bond donors (Lipinski definition) is 1. The quantitative estimate of drug-likeness (QED) is 0.600. The van der Waals surface area contributed by atoms with E-state index >= 15 is 0 Å². The highest BCUT2D eigenvalue weighted by Crippen LogP contribution is 2.11. The van der Waals surface area contributed by atoms with Crippen LogP contribution in [0.5, 0.6) is 0 Å². The van der Waals surface area contributed by atoms with Gasteiger partial charge in [0.1, 0.15) is 0 Å². The van der Waals surface area contributed by atoms with E-state index in [1.54, 1.807) is 7.11 Å². The fourth-order valence-corrected chi connectivity index (χ4v) is 0.954. The summed E-state index contributed by atoms with van der Waals surface area (Å²) >= 11 is 0. The molecule has 0 heterocycles. The van der Waals surface area contributed by atoms with Crippen LogP contribution >= 0.6 is 0 Å². The van der Waals surface area contributed by atoms with E-state index in [0.717, 1.165) is 25.9 Å². The second kappa shape index (κ2) is 6.62. The molecule has 1 N–H and O–H groups in total. The van der Waals surface area contributed by atoms with Gasteiger partial charge in [-0.05, 0) is 25.7 Å². The molecule has 2 heteroatoms. The van der Waals surface area contributed by atoms with Crippen LogP contribution in [0.2, 0.25) is 0 Å². The summed E-state index contributed by atoms with van der Waals surface area (Å²) in [7, 11) is 1.72. The van der Waals surface area contributed by atoms with Crippen LogP contribution in [-0.2, 0) is 4.74 Å². The molecular weight excluding hydrogens is 140 g/mol. The summed E-state index contributed by atoms with van der Waals surface area (Å²) in [5.74, 6) is 0.423. The Hall–Kier alpha value is -0.0800. The molecule has 68 valence electrons. The average molecular weight is 160 g/mol. The standard InChI is InChI=1S/C9H20O2/c1-8(9(2)10)6-4-5-7-11-3/h8-10H,4-7H2,1-3H3. The largest absolute Gasteiger partial charge is 0.393 e. The third-order valence-corrected chi connectivity index (χ3v) is 2.08. The molecule has 0 saturated heterocycles. The fourth-order valence-electron chi connectivity index (χ4n) is 0.954. The molecule has 0 radical (unpaired) electrons. The van der Waals surface area contributed by atoms with E-state index in [1.807, 2.05) is 6.92 Å². The van der Waals surface area contributed by atoms with Gasteiger partial charge < -0.3 is 9.84 Å². The summed E-state index contributed by atoms with van der Waals surface area (Å²) in [5, 5.41) is 9.15. The van der Waals surface area contributed by atoms with E-state index in [9.17, 15) is 0 Å². The first-order valence-electron chi connectivity index (χ1n) is 4.35. The van der Waals surface area contributed by atoms with Gasteiger partial charge in [0.05, 0.1) is 6.10 Å². The molecule has 0 fully saturated rings. The van der Waals surface area contributed by atoms with Crippen molar-refractivity contribution in [3.05, 3.63) is 0 Å². The minimum absolute atomic E-state index is 0.169. The first kappa shape index (κ1) is 10.9. The average Bonchev–Trinajstić information content (AvgIpc) is 1.97. The molecule has 0 saturated carbocycles. The summed E-state index contributed by atoms with van der Waals surface area (Å²) in [6, 6.07) is 0. The van der Waals surface area contributed by atoms with Crippen molar-refractivity contribution in [2.75, 3.05) is 13.7 Å². The number of ether oxygens (including phenoxy) is 1. The van der Waals surface area contributed by atoms with Gasteiger partial charge >= 0.3 is 0 Å². The van der Waals surface area contributed by atoms with Crippen LogP contribution in [0.3, 0.4) is 0 Å². The summed E-state index contributed by atoms with van der Waals surface area (Å²) in [5.41, 5.74) is 0. The van der Waals surface area contributed by atoms with E-state index in [1.165, 1.54) is 0 Å². The number of aliphatic hydroxyl groups is 1. The van der Waals surface area contributed by atoms with Crippen LogP contribution in [0.15, 0.2) is 0 Å². The molecule has 0 aromatic carbocycles. The van der Waals surface area contributed by atoms with Gasteiger partial charge in [-0.2, -0.15) is 0 Å². The molecular formula is C9H20O2. The number of aliphatic hydroxyl groups excluding tert-OH is 1. The number of hydrogen-bond acceptors (Lipinski definition) is 2. The molecule has 0 aliphatic rings. The van der Waals surface area contributed by atoms with Gasteiger partial charge in [-0.25, -0.2) is 0 Å². The number of unbranched alkanes of at least 4 members (excludes halogenated alkanes) is 1. The summed E-state index contributed by atoms with van der Waals surface area (Å²) in [6.07, 6.45) is 3.19. The fraction of sp³-hybridized carbons (Fsp3) is 1.00. The van der Waals surface area contributed by atoms with E-state index in [0.29, 0.717) is 5.92 Å². The Morgan fingerprint density at radius 3 is 2.36 bits per heavy atom. The van der Waals surface area contributed by atoms with E-state index in [4.69, 9.17) is 9.84 Å². The molecule has 2 atom stereocenters. The second-order valence-corrected chi connectivity index (χ2v) is 3.21. The third-order valence-electron chi connectivity index (χ3n) is 2.08. The highest BCUT2D eigenvalue weighted by molar-refractivity contribution is 4.58. The number of rotatable bonds is 6. The zero-order valence-electron chi connectivity index (χ0n) is 7.84. The topological polar surface area (TPSA) is 29.5 Å². The van der Waals surface area contributed by atoms with E-state index in [2.05, 4.69) is 6.92 Å². The Kier molecular flexibility index (Phi) is 6.57. The zero-order valence-corrected chi connectivity index (χ0v) is 7.84. The minimum Gasteiger partial charge on any atom is -0.393 e. The van der Waals surface area contributed by atoms with Crippen LogP contribution in [-0.4, -0.2) is 24.9 Å². The van der Waals surface area contributed by atoms with Gasteiger partial charge in [-0.3, -0.25) is 0 Å². The Bertz CT molecular complexity index is 81.6. The molecule has 2 unspecified atom stereocenters. The molecule has 0 bridgehead atoms. The van der Waals surface area contributed by atoms with E-state index in [-0.39, 0.29) is 6.10 Å². The maximum absolute atomic E-state index is 9.15. The minimum atomic E-state index is -0.169. The van der Waals surface area contributed by atoms with Gasteiger partial charge in [0.25, 0.3) is 0 Å². The van der Waals surface area contributed by atoms with Gasteiger partial charge in [0.2, 0.25) is 0 Å². The lowest BCUT2D eigenvalue weighted by Crippen LogP contribution is -2.12. The molecule has 0 amide bonds. The van der Waals surface area contributed by atoms with Crippen molar-refractivity contribution < 1.29 is 9.84 Å². The molecule has 0 aliphatic heterocycles. The zero-order chi connectivity index (χ0) is 8.69. The first-order valence-corrected chi connectivity index (χ1v) is 4.35. The lowest BCUT2D eigenvalue weighted by Gasteiger charge is -2.13. The lowest BCUT2D eigenvalue weighted by molar-refractivity contribution is 0.125. The van der Waals surface area contributed by atoms with Crippen LogP contribution in [0.4, 0.5) is 0 Å². The monoisotopic (exact) mass is 160 g/mol. The van der Waals surface area contributed by atoms with Gasteiger partial charge in [0, 0.05) is 13.7 Å². The van der Waals surface area contributed by atoms with Crippen LogP contribution in [0.25, 0.3) is 0 Å². The molecule has 2 nitrogen and oxygen atoms in total. The lowest BCUT2D eigenvalue weighted by atomic mass is 9.99. The Balaban J connectivity index is 3.10. The van der Waals surface area contributed by atoms with Crippen molar-refractivity contribution in [1.82, 2.24) is 0 Å². The van der Waals surface area contributed by atoms with Crippen LogP contribution < -0.4 is 0 Å². The maximum Gasteiger partial charge on any atom is 0.0537 e. The van der Waals surface area contributed by atoms with Gasteiger partial charge in [-0.1, -0.05) is 13.3 Å². The predicted molar refractivity (Wildman–Crippen MR) is 46.6 cm³/mol.